The third kappa shape index (κ3) is 3.09. The summed E-state index contributed by atoms with van der Waals surface area (Å²) in [6.07, 6.45) is 7.06. The quantitative estimate of drug-likeness (QED) is 0.850. The van der Waals surface area contributed by atoms with Gasteiger partial charge in [0, 0.05) is 18.3 Å². The van der Waals surface area contributed by atoms with Gasteiger partial charge in [0.05, 0.1) is 12.0 Å². The van der Waals surface area contributed by atoms with Gasteiger partial charge < -0.3 is 9.88 Å². The molecule has 0 bridgehead atoms. The van der Waals surface area contributed by atoms with Crippen LogP contribution in [0.3, 0.4) is 0 Å². The molecule has 1 unspecified atom stereocenters. The van der Waals surface area contributed by atoms with Gasteiger partial charge in [0.1, 0.15) is 0 Å². The van der Waals surface area contributed by atoms with E-state index in [1.807, 2.05) is 6.33 Å². The SMILES string of the molecule is CC(C)CNCC(C)n1cnc2c1CCCC2. The standard InChI is InChI=1S/C14H25N3/c1-11(2)8-15-9-12(3)17-10-16-13-6-4-5-7-14(13)17/h10-12,15H,4-9H2,1-3H3. The number of aromatic nitrogens is 2. The molecule has 0 radical (unpaired) electrons. The number of nitrogens with zero attached hydrogens (tertiary/aromatic N) is 2. The van der Waals surface area contributed by atoms with Crippen LogP contribution in [0.15, 0.2) is 6.33 Å². The van der Waals surface area contributed by atoms with E-state index >= 15 is 0 Å². The van der Waals surface area contributed by atoms with E-state index in [4.69, 9.17) is 0 Å². The second-order valence-corrected chi connectivity index (χ2v) is 5.65. The maximum Gasteiger partial charge on any atom is 0.0954 e. The normalized spacial score (nSPS) is 17.2. The minimum Gasteiger partial charge on any atom is -0.330 e. The monoisotopic (exact) mass is 235 g/mol. The zero-order valence-electron chi connectivity index (χ0n) is 11.4. The summed E-state index contributed by atoms with van der Waals surface area (Å²) in [6, 6.07) is 0.517. The summed E-state index contributed by atoms with van der Waals surface area (Å²) < 4.78 is 2.38. The maximum absolute atomic E-state index is 4.56. The van der Waals surface area contributed by atoms with Gasteiger partial charge >= 0.3 is 0 Å². The van der Waals surface area contributed by atoms with Crippen LogP contribution >= 0.6 is 0 Å². The summed E-state index contributed by atoms with van der Waals surface area (Å²) in [7, 11) is 0. The number of rotatable bonds is 5. The Labute approximate surface area is 105 Å². The molecule has 0 aliphatic heterocycles. The van der Waals surface area contributed by atoms with Crippen LogP contribution in [0.25, 0.3) is 0 Å². The van der Waals surface area contributed by atoms with Crippen LogP contribution in [0.5, 0.6) is 0 Å². The van der Waals surface area contributed by atoms with E-state index in [1.54, 1.807) is 0 Å². The Bertz CT molecular complexity index is 354. The van der Waals surface area contributed by atoms with Crippen molar-refractivity contribution in [1.29, 1.82) is 0 Å². The molecule has 1 atom stereocenters. The van der Waals surface area contributed by atoms with Crippen LogP contribution in [-0.4, -0.2) is 22.6 Å². The van der Waals surface area contributed by atoms with Crippen LogP contribution in [0.1, 0.15) is 51.0 Å². The highest BCUT2D eigenvalue weighted by Crippen LogP contribution is 2.22. The number of nitrogens with one attached hydrogen (secondary N) is 1. The molecule has 3 nitrogen and oxygen atoms in total. The van der Waals surface area contributed by atoms with Crippen molar-refractivity contribution in [3.05, 3.63) is 17.7 Å². The van der Waals surface area contributed by atoms with Gasteiger partial charge in [0.2, 0.25) is 0 Å². The average Bonchev–Trinajstić information content (AvgIpc) is 2.72. The molecule has 17 heavy (non-hydrogen) atoms. The van der Waals surface area contributed by atoms with E-state index in [2.05, 4.69) is 35.6 Å². The van der Waals surface area contributed by atoms with E-state index in [0.717, 1.165) is 19.0 Å². The molecule has 0 saturated carbocycles. The molecule has 0 fully saturated rings. The predicted octanol–water partition coefficient (Wildman–Crippen LogP) is 2.57. The van der Waals surface area contributed by atoms with Gasteiger partial charge in [-0.25, -0.2) is 4.98 Å². The lowest BCUT2D eigenvalue weighted by Crippen LogP contribution is -2.27. The van der Waals surface area contributed by atoms with E-state index in [1.165, 1.54) is 37.1 Å². The van der Waals surface area contributed by atoms with Crippen molar-refractivity contribution in [3.63, 3.8) is 0 Å². The summed E-state index contributed by atoms with van der Waals surface area (Å²) in [5, 5.41) is 3.53. The second-order valence-electron chi connectivity index (χ2n) is 5.65. The van der Waals surface area contributed by atoms with Gasteiger partial charge in [-0.1, -0.05) is 13.8 Å². The van der Waals surface area contributed by atoms with Crippen molar-refractivity contribution >= 4 is 0 Å². The fraction of sp³-hybridized carbons (Fsp3) is 0.786. The van der Waals surface area contributed by atoms with Crippen LogP contribution in [0.2, 0.25) is 0 Å². The molecule has 1 heterocycles. The molecule has 96 valence electrons. The Kier molecular flexibility index (Phi) is 4.21. The first-order chi connectivity index (χ1) is 8.18. The lowest BCUT2D eigenvalue weighted by atomic mass is 10.0. The Balaban J connectivity index is 1.94. The minimum absolute atomic E-state index is 0.517. The fourth-order valence-electron chi connectivity index (χ4n) is 2.55. The van der Waals surface area contributed by atoms with Gasteiger partial charge in [0.15, 0.2) is 0 Å². The first-order valence-corrected chi connectivity index (χ1v) is 6.93. The highest BCUT2D eigenvalue weighted by molar-refractivity contribution is 5.17. The molecule has 2 rings (SSSR count). The number of hydrogen-bond acceptors (Lipinski definition) is 2. The van der Waals surface area contributed by atoms with Crippen molar-refractivity contribution in [2.75, 3.05) is 13.1 Å². The summed E-state index contributed by atoms with van der Waals surface area (Å²) >= 11 is 0. The highest BCUT2D eigenvalue weighted by Gasteiger charge is 2.17. The van der Waals surface area contributed by atoms with Crippen LogP contribution in [0, 0.1) is 5.92 Å². The summed E-state index contributed by atoms with van der Waals surface area (Å²) in [5.74, 6) is 0.721. The molecule has 0 saturated heterocycles. The molecule has 1 aliphatic rings. The Hall–Kier alpha value is -0.830. The van der Waals surface area contributed by atoms with E-state index in [0.29, 0.717) is 6.04 Å². The first-order valence-electron chi connectivity index (χ1n) is 6.93. The second kappa shape index (κ2) is 5.67. The summed E-state index contributed by atoms with van der Waals surface area (Å²) in [6.45, 7) is 8.92. The van der Waals surface area contributed by atoms with Crippen molar-refractivity contribution in [1.82, 2.24) is 14.9 Å². The van der Waals surface area contributed by atoms with Gasteiger partial charge in [-0.2, -0.15) is 0 Å². The zero-order chi connectivity index (χ0) is 12.3. The largest absolute Gasteiger partial charge is 0.330 e. The number of fused-ring (bicyclic) bond motifs is 1. The highest BCUT2D eigenvalue weighted by atomic mass is 15.1. The predicted molar refractivity (Wildman–Crippen MR) is 71.3 cm³/mol. The average molecular weight is 235 g/mol. The molecular formula is C14H25N3. The number of hydrogen-bond donors (Lipinski definition) is 1. The van der Waals surface area contributed by atoms with Gasteiger partial charge in [-0.15, -0.1) is 0 Å². The Morgan fingerprint density at radius 2 is 2.00 bits per heavy atom. The Morgan fingerprint density at radius 3 is 2.76 bits per heavy atom. The third-order valence-corrected chi connectivity index (χ3v) is 3.53. The maximum atomic E-state index is 4.56. The van der Waals surface area contributed by atoms with E-state index < -0.39 is 0 Å². The van der Waals surface area contributed by atoms with Gasteiger partial charge in [-0.05, 0) is 45.1 Å². The van der Waals surface area contributed by atoms with Gasteiger partial charge in [-0.3, -0.25) is 0 Å². The lowest BCUT2D eigenvalue weighted by Gasteiger charge is -2.20. The van der Waals surface area contributed by atoms with Crippen LogP contribution in [0.4, 0.5) is 0 Å². The van der Waals surface area contributed by atoms with Crippen molar-refractivity contribution in [2.45, 2.75) is 52.5 Å². The Morgan fingerprint density at radius 1 is 1.24 bits per heavy atom. The lowest BCUT2D eigenvalue weighted by molar-refractivity contribution is 0.450. The number of imidazole rings is 1. The summed E-state index contributed by atoms with van der Waals surface area (Å²) in [4.78, 5) is 4.56. The molecule has 0 spiro atoms. The molecule has 1 aromatic heterocycles. The minimum atomic E-state index is 0.517. The van der Waals surface area contributed by atoms with E-state index in [9.17, 15) is 0 Å². The van der Waals surface area contributed by atoms with Crippen molar-refractivity contribution < 1.29 is 0 Å². The third-order valence-electron chi connectivity index (χ3n) is 3.53. The number of aryl methyl sites for hydroxylation is 1. The molecule has 1 N–H and O–H groups in total. The van der Waals surface area contributed by atoms with E-state index in [-0.39, 0.29) is 0 Å². The fourth-order valence-corrected chi connectivity index (χ4v) is 2.55. The molecule has 0 aromatic carbocycles. The zero-order valence-corrected chi connectivity index (χ0v) is 11.4. The smallest absolute Gasteiger partial charge is 0.0954 e. The van der Waals surface area contributed by atoms with Crippen LogP contribution < -0.4 is 5.32 Å². The molecule has 3 heteroatoms. The molecular weight excluding hydrogens is 210 g/mol. The molecule has 1 aliphatic carbocycles. The molecule has 1 aromatic rings. The van der Waals surface area contributed by atoms with Crippen molar-refractivity contribution in [2.24, 2.45) is 5.92 Å². The first kappa shape index (κ1) is 12.6. The van der Waals surface area contributed by atoms with Crippen molar-refractivity contribution in [3.8, 4) is 0 Å². The van der Waals surface area contributed by atoms with Crippen LogP contribution in [-0.2, 0) is 12.8 Å². The summed E-state index contributed by atoms with van der Waals surface area (Å²) in [5.41, 5.74) is 2.82. The van der Waals surface area contributed by atoms with Gasteiger partial charge in [0.25, 0.3) is 0 Å². The topological polar surface area (TPSA) is 29.9 Å². The molecule has 0 amide bonds.